The van der Waals surface area contributed by atoms with Gasteiger partial charge in [0, 0.05) is 11.4 Å². The molecular weight excluding hydrogens is 320 g/mol. The third-order valence-electron chi connectivity index (χ3n) is 3.55. The van der Waals surface area contributed by atoms with Crippen LogP contribution in [-0.2, 0) is 4.79 Å². The van der Waals surface area contributed by atoms with Gasteiger partial charge in [0.1, 0.15) is 6.04 Å². The average molecular weight is 336 g/mol. The number of thiazole rings is 1. The Kier molecular flexibility index (Phi) is 4.45. The van der Waals surface area contributed by atoms with Gasteiger partial charge >= 0.3 is 0 Å². The Labute approximate surface area is 144 Å². The summed E-state index contributed by atoms with van der Waals surface area (Å²) in [6.07, 6.45) is 0. The van der Waals surface area contributed by atoms with Gasteiger partial charge < -0.3 is 10.6 Å². The van der Waals surface area contributed by atoms with E-state index in [-0.39, 0.29) is 5.91 Å². The van der Waals surface area contributed by atoms with E-state index < -0.39 is 6.04 Å². The molecule has 6 heteroatoms. The molecule has 24 heavy (non-hydrogen) atoms. The van der Waals surface area contributed by atoms with E-state index in [1.807, 2.05) is 25.1 Å². The molecule has 0 aliphatic heterocycles. The molecule has 0 aliphatic carbocycles. The normalized spacial score (nSPS) is 11.7. The van der Waals surface area contributed by atoms with Gasteiger partial charge in [0.25, 0.3) is 0 Å². The van der Waals surface area contributed by atoms with E-state index in [1.54, 1.807) is 42.5 Å². The smallest absolute Gasteiger partial charge is 0.246 e. The lowest BCUT2D eigenvalue weighted by atomic mass is 10.2. The zero-order valence-corrected chi connectivity index (χ0v) is 14.1. The number of hydrogen-bond donors (Lipinski definition) is 2. The van der Waals surface area contributed by atoms with Crippen molar-refractivity contribution in [2.24, 2.45) is 0 Å². The molecule has 0 aliphatic rings. The molecule has 5 nitrogen and oxygen atoms in total. The first-order valence-electron chi connectivity index (χ1n) is 7.50. The maximum atomic E-state index is 12.3. The molecule has 120 valence electrons. The standard InChI is InChI=1S/C18H16N4OS/c1-11(18(23)22-14-5-3-13(10-19)4-6-14)20-15-7-8-16-17(9-15)24-12(2)21-16/h3-9,11,20H,1-2H3,(H,22,23)/t11-/m0/s1. The number of fused-ring (bicyclic) bond motifs is 1. The summed E-state index contributed by atoms with van der Waals surface area (Å²) in [6.45, 7) is 3.78. The van der Waals surface area contributed by atoms with Gasteiger partial charge in [-0.2, -0.15) is 5.26 Å². The van der Waals surface area contributed by atoms with Crippen molar-refractivity contribution in [2.45, 2.75) is 19.9 Å². The van der Waals surface area contributed by atoms with Gasteiger partial charge in [-0.15, -0.1) is 11.3 Å². The maximum Gasteiger partial charge on any atom is 0.246 e. The number of nitrogens with zero attached hydrogens (tertiary/aromatic N) is 2. The number of anilines is 2. The van der Waals surface area contributed by atoms with Crippen LogP contribution in [-0.4, -0.2) is 16.9 Å². The second-order valence-electron chi connectivity index (χ2n) is 5.46. The average Bonchev–Trinajstić information content (AvgIpc) is 2.94. The second-order valence-corrected chi connectivity index (χ2v) is 6.69. The topological polar surface area (TPSA) is 77.8 Å². The van der Waals surface area contributed by atoms with Crippen molar-refractivity contribution < 1.29 is 4.79 Å². The number of aromatic nitrogens is 1. The van der Waals surface area contributed by atoms with E-state index >= 15 is 0 Å². The van der Waals surface area contributed by atoms with Gasteiger partial charge in [-0.3, -0.25) is 4.79 Å². The number of aryl methyl sites for hydroxylation is 1. The van der Waals surface area contributed by atoms with Gasteiger partial charge in [0.2, 0.25) is 5.91 Å². The predicted molar refractivity (Wildman–Crippen MR) is 97.2 cm³/mol. The molecule has 1 atom stereocenters. The first kappa shape index (κ1) is 16.0. The van der Waals surface area contributed by atoms with Crippen LogP contribution in [0, 0.1) is 18.3 Å². The van der Waals surface area contributed by atoms with Crippen LogP contribution in [0.4, 0.5) is 11.4 Å². The number of hydrogen-bond acceptors (Lipinski definition) is 5. The fourth-order valence-corrected chi connectivity index (χ4v) is 3.19. The summed E-state index contributed by atoms with van der Waals surface area (Å²) in [6, 6.07) is 14.3. The Hall–Kier alpha value is -2.91. The minimum Gasteiger partial charge on any atom is -0.374 e. The second kappa shape index (κ2) is 6.69. The van der Waals surface area contributed by atoms with Gasteiger partial charge in [-0.25, -0.2) is 4.98 Å². The summed E-state index contributed by atoms with van der Waals surface area (Å²) in [7, 11) is 0. The molecule has 0 saturated carbocycles. The van der Waals surface area contributed by atoms with E-state index in [0.717, 1.165) is 20.9 Å². The van der Waals surface area contributed by atoms with E-state index in [0.29, 0.717) is 11.3 Å². The third-order valence-corrected chi connectivity index (χ3v) is 4.49. The van der Waals surface area contributed by atoms with Crippen LogP contribution in [0.2, 0.25) is 0 Å². The van der Waals surface area contributed by atoms with Crippen molar-refractivity contribution in [3.8, 4) is 6.07 Å². The highest BCUT2D eigenvalue weighted by Crippen LogP contribution is 2.25. The van der Waals surface area contributed by atoms with Gasteiger partial charge in [-0.05, 0) is 56.3 Å². The molecule has 1 heterocycles. The molecule has 1 amide bonds. The van der Waals surface area contributed by atoms with E-state index in [1.165, 1.54) is 0 Å². The number of nitrogens with one attached hydrogen (secondary N) is 2. The highest BCUT2D eigenvalue weighted by atomic mass is 32.1. The minimum atomic E-state index is -0.396. The predicted octanol–water partition coefficient (Wildman–Crippen LogP) is 3.92. The Bertz CT molecular complexity index is 924. The molecule has 0 spiro atoms. The zero-order valence-electron chi connectivity index (χ0n) is 13.3. The summed E-state index contributed by atoms with van der Waals surface area (Å²) in [5, 5.41) is 15.8. The summed E-state index contributed by atoms with van der Waals surface area (Å²) in [4.78, 5) is 16.7. The molecule has 0 bridgehead atoms. The Balaban J connectivity index is 1.66. The fourth-order valence-electron chi connectivity index (χ4n) is 2.32. The molecule has 2 aromatic carbocycles. The number of amides is 1. The van der Waals surface area contributed by atoms with E-state index in [2.05, 4.69) is 21.7 Å². The van der Waals surface area contributed by atoms with Gasteiger partial charge in [0.15, 0.2) is 0 Å². The van der Waals surface area contributed by atoms with Crippen LogP contribution >= 0.6 is 11.3 Å². The van der Waals surface area contributed by atoms with Crippen LogP contribution in [0.5, 0.6) is 0 Å². The monoisotopic (exact) mass is 336 g/mol. The fraction of sp³-hybridized carbons (Fsp3) is 0.167. The van der Waals surface area contributed by atoms with Gasteiger partial charge in [0.05, 0.1) is 26.9 Å². The molecule has 3 aromatic rings. The van der Waals surface area contributed by atoms with E-state index in [4.69, 9.17) is 5.26 Å². The quantitative estimate of drug-likeness (QED) is 0.757. The van der Waals surface area contributed by atoms with Crippen molar-refractivity contribution in [1.82, 2.24) is 4.98 Å². The molecule has 1 aromatic heterocycles. The highest BCUT2D eigenvalue weighted by molar-refractivity contribution is 7.18. The van der Waals surface area contributed by atoms with Crippen LogP contribution < -0.4 is 10.6 Å². The van der Waals surface area contributed by atoms with Crippen LogP contribution in [0.1, 0.15) is 17.5 Å². The van der Waals surface area contributed by atoms with E-state index in [9.17, 15) is 4.79 Å². The Morgan fingerprint density at radius 1 is 1.21 bits per heavy atom. The maximum absolute atomic E-state index is 12.3. The zero-order chi connectivity index (χ0) is 17.1. The summed E-state index contributed by atoms with van der Waals surface area (Å²) in [5.41, 5.74) is 3.08. The molecule has 2 N–H and O–H groups in total. The van der Waals surface area contributed by atoms with Crippen molar-refractivity contribution in [1.29, 1.82) is 5.26 Å². The number of carbonyl (C=O) groups excluding carboxylic acids is 1. The van der Waals surface area contributed by atoms with Crippen molar-refractivity contribution in [3.63, 3.8) is 0 Å². The summed E-state index contributed by atoms with van der Waals surface area (Å²) in [5.74, 6) is -0.139. The number of benzene rings is 2. The molecule has 0 saturated heterocycles. The van der Waals surface area contributed by atoms with Crippen LogP contribution in [0.3, 0.4) is 0 Å². The lowest BCUT2D eigenvalue weighted by molar-refractivity contribution is -0.116. The van der Waals surface area contributed by atoms with Crippen molar-refractivity contribution >= 4 is 38.8 Å². The van der Waals surface area contributed by atoms with Crippen molar-refractivity contribution in [3.05, 3.63) is 53.0 Å². The summed E-state index contributed by atoms with van der Waals surface area (Å²) >= 11 is 1.63. The molecule has 0 unspecified atom stereocenters. The SMILES string of the molecule is Cc1nc2ccc(N[C@@H](C)C(=O)Nc3ccc(C#N)cc3)cc2s1. The Morgan fingerprint density at radius 3 is 2.62 bits per heavy atom. The molecular formula is C18H16N4OS. The third kappa shape index (κ3) is 3.53. The Morgan fingerprint density at radius 2 is 1.92 bits per heavy atom. The lowest BCUT2D eigenvalue weighted by Gasteiger charge is -2.15. The summed E-state index contributed by atoms with van der Waals surface area (Å²) < 4.78 is 1.09. The first-order valence-corrected chi connectivity index (χ1v) is 8.31. The van der Waals surface area contributed by atoms with Gasteiger partial charge in [-0.1, -0.05) is 0 Å². The van der Waals surface area contributed by atoms with Crippen LogP contribution in [0.15, 0.2) is 42.5 Å². The number of rotatable bonds is 4. The largest absolute Gasteiger partial charge is 0.374 e. The molecule has 0 fully saturated rings. The van der Waals surface area contributed by atoms with Crippen molar-refractivity contribution in [2.75, 3.05) is 10.6 Å². The first-order chi connectivity index (χ1) is 11.5. The number of carbonyl (C=O) groups is 1. The number of nitriles is 1. The lowest BCUT2D eigenvalue weighted by Crippen LogP contribution is -2.31. The molecule has 3 rings (SSSR count). The minimum absolute atomic E-state index is 0.139. The molecule has 0 radical (unpaired) electrons. The van der Waals surface area contributed by atoms with Crippen LogP contribution in [0.25, 0.3) is 10.2 Å². The highest BCUT2D eigenvalue weighted by Gasteiger charge is 2.13.